The van der Waals surface area contributed by atoms with Gasteiger partial charge in [0.25, 0.3) is 17.5 Å². The highest BCUT2D eigenvalue weighted by Gasteiger charge is 2.36. The topological polar surface area (TPSA) is 94.2 Å². The molecule has 0 radical (unpaired) electrons. The van der Waals surface area contributed by atoms with Gasteiger partial charge < -0.3 is 9.88 Å². The van der Waals surface area contributed by atoms with Gasteiger partial charge in [-0.2, -0.15) is 22.7 Å². The molecule has 1 N–H and O–H groups in total. The summed E-state index contributed by atoms with van der Waals surface area (Å²) < 4.78 is 41.1. The van der Waals surface area contributed by atoms with Crippen molar-refractivity contribution in [3.63, 3.8) is 0 Å². The number of fused-ring (bicyclic) bond motifs is 1. The van der Waals surface area contributed by atoms with Crippen molar-refractivity contribution in [3.8, 4) is 11.3 Å². The number of hydrogen-bond acceptors (Lipinski definition) is 5. The molecule has 1 aromatic carbocycles. The van der Waals surface area contributed by atoms with Gasteiger partial charge in [-0.3, -0.25) is 9.59 Å². The number of pyridine rings is 1. The Morgan fingerprint density at radius 1 is 1.10 bits per heavy atom. The maximum Gasteiger partial charge on any atom is 0.453 e. The predicted octanol–water partition coefficient (Wildman–Crippen LogP) is 2.44. The summed E-state index contributed by atoms with van der Waals surface area (Å²) in [5.41, 5.74) is 1.92. The summed E-state index contributed by atoms with van der Waals surface area (Å²) in [4.78, 5) is 30.9. The highest BCUT2D eigenvalue weighted by Crippen LogP contribution is 2.27. The van der Waals surface area contributed by atoms with Gasteiger partial charge in [0.15, 0.2) is 0 Å². The second kappa shape index (κ2) is 7.67. The summed E-state index contributed by atoms with van der Waals surface area (Å²) in [5, 5.41) is 6.28. The van der Waals surface area contributed by atoms with E-state index in [0.29, 0.717) is 16.8 Å². The SMILES string of the molecule is Cn1cc(C(=O)NCc2ccc(-c3ccnc4nc(C(F)(F)F)nn34)cc2)ccc1=O. The predicted molar refractivity (Wildman–Crippen MR) is 104 cm³/mol. The van der Waals surface area contributed by atoms with Gasteiger partial charge in [0.05, 0.1) is 11.3 Å². The van der Waals surface area contributed by atoms with Gasteiger partial charge in [-0.05, 0) is 17.7 Å². The maximum atomic E-state index is 12.9. The number of nitrogens with one attached hydrogen (secondary N) is 1. The second-order valence-electron chi connectivity index (χ2n) is 6.72. The second-order valence-corrected chi connectivity index (χ2v) is 6.72. The lowest BCUT2D eigenvalue weighted by atomic mass is 10.1. The van der Waals surface area contributed by atoms with Crippen molar-refractivity contribution in [1.82, 2.24) is 29.5 Å². The van der Waals surface area contributed by atoms with E-state index in [2.05, 4.69) is 20.4 Å². The van der Waals surface area contributed by atoms with Crippen molar-refractivity contribution in [2.24, 2.45) is 7.05 Å². The lowest BCUT2D eigenvalue weighted by Crippen LogP contribution is -2.25. The van der Waals surface area contributed by atoms with Gasteiger partial charge in [0.1, 0.15) is 0 Å². The third-order valence-electron chi connectivity index (χ3n) is 4.54. The number of halogens is 3. The Morgan fingerprint density at radius 2 is 1.84 bits per heavy atom. The molecule has 0 aliphatic heterocycles. The minimum absolute atomic E-state index is 0.154. The van der Waals surface area contributed by atoms with Crippen LogP contribution in [0.3, 0.4) is 0 Å². The van der Waals surface area contributed by atoms with Gasteiger partial charge in [0, 0.05) is 37.6 Å². The molecule has 0 fully saturated rings. The highest BCUT2D eigenvalue weighted by molar-refractivity contribution is 5.93. The van der Waals surface area contributed by atoms with E-state index in [-0.39, 0.29) is 23.8 Å². The molecule has 0 atom stereocenters. The monoisotopic (exact) mass is 428 g/mol. The Balaban J connectivity index is 1.52. The molecular weight excluding hydrogens is 413 g/mol. The molecule has 1 amide bonds. The van der Waals surface area contributed by atoms with Crippen molar-refractivity contribution in [2.75, 3.05) is 0 Å². The number of amides is 1. The Hall–Kier alpha value is -4.02. The molecule has 31 heavy (non-hydrogen) atoms. The number of carbonyl (C=O) groups is 1. The highest BCUT2D eigenvalue weighted by atomic mass is 19.4. The molecule has 0 aliphatic carbocycles. The number of carbonyl (C=O) groups excluding carboxylic acids is 1. The summed E-state index contributed by atoms with van der Waals surface area (Å²) in [7, 11) is 1.56. The van der Waals surface area contributed by atoms with Crippen LogP contribution < -0.4 is 10.9 Å². The smallest absolute Gasteiger partial charge is 0.348 e. The zero-order valence-electron chi connectivity index (χ0n) is 16.1. The molecule has 0 unspecified atom stereocenters. The quantitative estimate of drug-likeness (QED) is 0.539. The first kappa shape index (κ1) is 20.3. The number of aromatic nitrogens is 5. The van der Waals surface area contributed by atoms with Gasteiger partial charge in [0.2, 0.25) is 5.56 Å². The minimum Gasteiger partial charge on any atom is -0.348 e. The molecule has 4 aromatic rings. The molecule has 0 aliphatic rings. The summed E-state index contributed by atoms with van der Waals surface area (Å²) in [6, 6.07) is 11.2. The van der Waals surface area contributed by atoms with Gasteiger partial charge in [-0.15, -0.1) is 5.10 Å². The van der Waals surface area contributed by atoms with E-state index in [1.165, 1.54) is 35.2 Å². The summed E-state index contributed by atoms with van der Waals surface area (Å²) >= 11 is 0. The first-order chi connectivity index (χ1) is 14.7. The zero-order chi connectivity index (χ0) is 22.2. The van der Waals surface area contributed by atoms with Gasteiger partial charge >= 0.3 is 6.18 Å². The molecular formula is C20H15F3N6O2. The third-order valence-corrected chi connectivity index (χ3v) is 4.54. The normalized spacial score (nSPS) is 11.6. The van der Waals surface area contributed by atoms with Crippen molar-refractivity contribution in [2.45, 2.75) is 12.7 Å². The maximum absolute atomic E-state index is 12.9. The van der Waals surface area contributed by atoms with Crippen molar-refractivity contribution in [3.05, 3.63) is 82.2 Å². The summed E-state index contributed by atoms with van der Waals surface area (Å²) in [6.07, 6.45) is -1.86. The Bertz CT molecular complexity index is 1330. The van der Waals surface area contributed by atoms with E-state index < -0.39 is 12.0 Å². The summed E-state index contributed by atoms with van der Waals surface area (Å²) in [5.74, 6) is -1.75. The van der Waals surface area contributed by atoms with Crippen LogP contribution in [-0.4, -0.2) is 30.1 Å². The average molecular weight is 428 g/mol. The van der Waals surface area contributed by atoms with E-state index in [1.54, 1.807) is 31.3 Å². The van der Waals surface area contributed by atoms with E-state index in [4.69, 9.17) is 0 Å². The fourth-order valence-corrected chi connectivity index (χ4v) is 2.94. The Kier molecular flexibility index (Phi) is 5.01. The van der Waals surface area contributed by atoms with Crippen molar-refractivity contribution >= 4 is 11.7 Å². The number of benzene rings is 1. The molecule has 4 rings (SSSR count). The fraction of sp³-hybridized carbons (Fsp3) is 0.150. The van der Waals surface area contributed by atoms with Crippen LogP contribution in [0.4, 0.5) is 13.2 Å². The van der Waals surface area contributed by atoms with Crippen LogP contribution in [0.5, 0.6) is 0 Å². The number of nitrogens with zero attached hydrogens (tertiary/aromatic N) is 5. The molecule has 0 saturated carbocycles. The molecule has 11 heteroatoms. The van der Waals surface area contributed by atoms with E-state index in [9.17, 15) is 22.8 Å². The lowest BCUT2D eigenvalue weighted by Gasteiger charge is -2.08. The van der Waals surface area contributed by atoms with Gasteiger partial charge in [-0.25, -0.2) is 4.98 Å². The number of aryl methyl sites for hydroxylation is 1. The average Bonchev–Trinajstić information content (AvgIpc) is 3.19. The fourth-order valence-electron chi connectivity index (χ4n) is 2.94. The number of rotatable bonds is 4. The first-order valence-electron chi connectivity index (χ1n) is 9.05. The van der Waals surface area contributed by atoms with E-state index >= 15 is 0 Å². The van der Waals surface area contributed by atoms with E-state index in [1.807, 2.05) is 0 Å². The summed E-state index contributed by atoms with van der Waals surface area (Å²) in [6.45, 7) is 0.231. The van der Waals surface area contributed by atoms with Gasteiger partial charge in [-0.1, -0.05) is 24.3 Å². The zero-order valence-corrected chi connectivity index (χ0v) is 16.1. The third kappa shape index (κ3) is 4.15. The number of hydrogen-bond donors (Lipinski definition) is 1. The van der Waals surface area contributed by atoms with Crippen LogP contribution >= 0.6 is 0 Å². The molecule has 0 bridgehead atoms. The lowest BCUT2D eigenvalue weighted by molar-refractivity contribution is -0.144. The molecule has 8 nitrogen and oxygen atoms in total. The molecule has 158 valence electrons. The molecule has 0 spiro atoms. The van der Waals surface area contributed by atoms with Crippen LogP contribution in [0.1, 0.15) is 21.7 Å². The molecule has 3 heterocycles. The molecule has 0 saturated heterocycles. The molecule has 3 aromatic heterocycles. The van der Waals surface area contributed by atoms with Crippen LogP contribution in [0.2, 0.25) is 0 Å². The standard InChI is InChI=1S/C20H15F3N6O2/c1-28-11-14(6-7-16(28)30)17(31)25-10-12-2-4-13(5-3-12)15-8-9-24-19-26-18(20(21,22)23)27-29(15)19/h2-9,11H,10H2,1H3,(H,25,31). The number of alkyl halides is 3. The van der Waals surface area contributed by atoms with Crippen molar-refractivity contribution < 1.29 is 18.0 Å². The largest absolute Gasteiger partial charge is 0.453 e. The van der Waals surface area contributed by atoms with Crippen LogP contribution in [0.15, 0.2) is 59.7 Å². The van der Waals surface area contributed by atoms with Crippen LogP contribution in [0, 0.1) is 0 Å². The van der Waals surface area contributed by atoms with Crippen molar-refractivity contribution in [1.29, 1.82) is 0 Å². The van der Waals surface area contributed by atoms with E-state index in [0.717, 1.165) is 10.1 Å². The Labute approximate surface area is 173 Å². The minimum atomic E-state index is -4.67. The van der Waals surface area contributed by atoms with Crippen LogP contribution in [0.25, 0.3) is 17.0 Å². The Morgan fingerprint density at radius 3 is 2.52 bits per heavy atom. The van der Waals surface area contributed by atoms with Crippen LogP contribution in [-0.2, 0) is 19.8 Å². The first-order valence-corrected chi connectivity index (χ1v) is 9.05.